The molecule has 0 aliphatic carbocycles. The molecule has 0 bridgehead atoms. The Bertz CT molecular complexity index is 409. The summed E-state index contributed by atoms with van der Waals surface area (Å²) in [6, 6.07) is 7.09. The first-order valence-electron chi connectivity index (χ1n) is 7.27. The number of hydrogen-bond acceptors (Lipinski definition) is 3. The molecule has 0 spiro atoms. The molecule has 0 saturated carbocycles. The summed E-state index contributed by atoms with van der Waals surface area (Å²) in [6.07, 6.45) is 0. The minimum Gasteiger partial charge on any atom is -0.383 e. The molecule has 1 aromatic carbocycles. The summed E-state index contributed by atoms with van der Waals surface area (Å²) < 4.78 is 5.24. The first-order valence-corrected chi connectivity index (χ1v) is 7.64. The second-order valence-electron chi connectivity index (χ2n) is 5.40. The first-order chi connectivity index (χ1) is 9.49. The maximum atomic E-state index is 6.40. The summed E-state index contributed by atoms with van der Waals surface area (Å²) in [5.41, 5.74) is 2.29. The summed E-state index contributed by atoms with van der Waals surface area (Å²) in [5.74, 6) is 0. The fourth-order valence-electron chi connectivity index (χ4n) is 2.25. The highest BCUT2D eigenvalue weighted by molar-refractivity contribution is 6.31. The van der Waals surface area contributed by atoms with Crippen molar-refractivity contribution in [3.8, 4) is 0 Å². The molecule has 1 N–H and O–H groups in total. The molecule has 0 heterocycles. The predicted molar refractivity (Wildman–Crippen MR) is 87.8 cm³/mol. The van der Waals surface area contributed by atoms with Gasteiger partial charge in [0.2, 0.25) is 0 Å². The van der Waals surface area contributed by atoms with E-state index in [1.54, 1.807) is 7.11 Å². The van der Waals surface area contributed by atoms with Gasteiger partial charge in [-0.2, -0.15) is 0 Å². The van der Waals surface area contributed by atoms with Crippen molar-refractivity contribution in [1.29, 1.82) is 0 Å². The van der Waals surface area contributed by atoms with Gasteiger partial charge in [0.25, 0.3) is 0 Å². The topological polar surface area (TPSA) is 24.5 Å². The van der Waals surface area contributed by atoms with Crippen molar-refractivity contribution < 1.29 is 4.74 Å². The lowest BCUT2D eigenvalue weighted by Gasteiger charge is -2.30. The van der Waals surface area contributed by atoms with Gasteiger partial charge in [0.1, 0.15) is 0 Å². The minimum absolute atomic E-state index is 0.334. The monoisotopic (exact) mass is 298 g/mol. The lowest BCUT2D eigenvalue weighted by molar-refractivity contribution is 0.182. The summed E-state index contributed by atoms with van der Waals surface area (Å²) in [7, 11) is 1.73. The molecule has 0 aliphatic rings. The molecule has 0 saturated heterocycles. The Balaban J connectivity index is 2.83. The van der Waals surface area contributed by atoms with E-state index >= 15 is 0 Å². The number of rotatable bonds is 8. The molecule has 1 unspecified atom stereocenters. The van der Waals surface area contributed by atoms with Crippen LogP contribution in [-0.2, 0) is 11.3 Å². The van der Waals surface area contributed by atoms with E-state index in [4.69, 9.17) is 16.3 Å². The Labute approximate surface area is 128 Å². The first kappa shape index (κ1) is 17.3. The third-order valence-electron chi connectivity index (χ3n) is 3.35. The predicted octanol–water partition coefficient (Wildman–Crippen LogP) is 3.70. The second-order valence-corrected chi connectivity index (χ2v) is 5.81. The Kier molecular flexibility index (Phi) is 7.35. The normalized spacial score (nSPS) is 12.8. The Morgan fingerprint density at radius 1 is 1.30 bits per heavy atom. The summed E-state index contributed by atoms with van der Waals surface area (Å²) >= 11 is 6.40. The van der Waals surface area contributed by atoms with E-state index in [9.17, 15) is 0 Å². The van der Waals surface area contributed by atoms with Gasteiger partial charge < -0.3 is 15.0 Å². The van der Waals surface area contributed by atoms with E-state index in [-0.39, 0.29) is 0 Å². The molecule has 0 amide bonds. The van der Waals surface area contributed by atoms with Gasteiger partial charge in [-0.1, -0.05) is 31.5 Å². The number of benzene rings is 1. The standard InChI is InChI=1S/C16H27ClN2O/c1-6-19(13(4)11-20-5)15-8-7-14(16(17)9-15)10-18-12(2)3/h7-9,12-13,18H,6,10-11H2,1-5H3. The van der Waals surface area contributed by atoms with Gasteiger partial charge in [-0.3, -0.25) is 0 Å². The van der Waals surface area contributed by atoms with Crippen LogP contribution in [0.15, 0.2) is 18.2 Å². The number of halogens is 1. The van der Waals surface area contributed by atoms with Gasteiger partial charge >= 0.3 is 0 Å². The van der Waals surface area contributed by atoms with Gasteiger partial charge in [-0.05, 0) is 31.5 Å². The van der Waals surface area contributed by atoms with Crippen molar-refractivity contribution >= 4 is 17.3 Å². The maximum Gasteiger partial charge on any atom is 0.0663 e. The lowest BCUT2D eigenvalue weighted by atomic mass is 10.1. The van der Waals surface area contributed by atoms with Crippen molar-refractivity contribution in [2.24, 2.45) is 0 Å². The van der Waals surface area contributed by atoms with E-state index in [1.807, 2.05) is 0 Å². The molecular weight excluding hydrogens is 272 g/mol. The number of nitrogens with zero attached hydrogens (tertiary/aromatic N) is 1. The van der Waals surface area contributed by atoms with Crippen LogP contribution in [0.3, 0.4) is 0 Å². The number of nitrogens with one attached hydrogen (secondary N) is 1. The van der Waals surface area contributed by atoms with Gasteiger partial charge in [0, 0.05) is 43.0 Å². The van der Waals surface area contributed by atoms with Crippen LogP contribution in [0, 0.1) is 0 Å². The molecular formula is C16H27ClN2O. The largest absolute Gasteiger partial charge is 0.383 e. The molecule has 4 heteroatoms. The second kappa shape index (κ2) is 8.50. The van der Waals surface area contributed by atoms with Gasteiger partial charge in [-0.15, -0.1) is 0 Å². The number of anilines is 1. The van der Waals surface area contributed by atoms with E-state index in [0.29, 0.717) is 18.7 Å². The van der Waals surface area contributed by atoms with Crippen LogP contribution in [0.2, 0.25) is 5.02 Å². The van der Waals surface area contributed by atoms with Crippen LogP contribution in [0.4, 0.5) is 5.69 Å². The number of methoxy groups -OCH3 is 1. The minimum atomic E-state index is 0.334. The summed E-state index contributed by atoms with van der Waals surface area (Å²) in [4.78, 5) is 2.30. The zero-order chi connectivity index (χ0) is 15.1. The number of ether oxygens (including phenoxy) is 1. The molecule has 20 heavy (non-hydrogen) atoms. The molecule has 0 aliphatic heterocycles. The molecule has 114 valence electrons. The summed E-state index contributed by atoms with van der Waals surface area (Å²) in [6.45, 7) is 11.0. The molecule has 1 rings (SSSR count). The van der Waals surface area contributed by atoms with Crippen LogP contribution >= 0.6 is 11.6 Å². The lowest BCUT2D eigenvalue weighted by Crippen LogP contribution is -2.36. The van der Waals surface area contributed by atoms with Gasteiger partial charge in [0.05, 0.1) is 6.61 Å². The van der Waals surface area contributed by atoms with E-state index in [1.165, 1.54) is 0 Å². The van der Waals surface area contributed by atoms with Crippen molar-refractivity contribution in [2.75, 3.05) is 25.2 Å². The van der Waals surface area contributed by atoms with E-state index in [2.05, 4.69) is 56.1 Å². The highest BCUT2D eigenvalue weighted by atomic mass is 35.5. The van der Waals surface area contributed by atoms with Crippen LogP contribution < -0.4 is 10.2 Å². The fourth-order valence-corrected chi connectivity index (χ4v) is 2.49. The molecule has 0 radical (unpaired) electrons. The molecule has 3 nitrogen and oxygen atoms in total. The van der Waals surface area contributed by atoms with E-state index in [0.717, 1.165) is 29.4 Å². The van der Waals surface area contributed by atoms with Crippen molar-refractivity contribution in [1.82, 2.24) is 5.32 Å². The van der Waals surface area contributed by atoms with Crippen molar-refractivity contribution in [2.45, 2.75) is 46.3 Å². The average Bonchev–Trinajstić information content (AvgIpc) is 2.38. The van der Waals surface area contributed by atoms with Crippen LogP contribution in [-0.4, -0.2) is 32.3 Å². The van der Waals surface area contributed by atoms with E-state index < -0.39 is 0 Å². The third-order valence-corrected chi connectivity index (χ3v) is 3.70. The smallest absolute Gasteiger partial charge is 0.0663 e. The quantitative estimate of drug-likeness (QED) is 0.792. The molecule has 0 aromatic heterocycles. The number of likely N-dealkylation sites (N-methyl/N-ethyl adjacent to an activating group) is 1. The Morgan fingerprint density at radius 3 is 2.50 bits per heavy atom. The zero-order valence-electron chi connectivity index (χ0n) is 13.2. The molecule has 0 fully saturated rings. The van der Waals surface area contributed by atoms with Crippen molar-refractivity contribution in [3.63, 3.8) is 0 Å². The highest BCUT2D eigenvalue weighted by Gasteiger charge is 2.14. The Morgan fingerprint density at radius 2 is 2.00 bits per heavy atom. The van der Waals surface area contributed by atoms with Crippen LogP contribution in [0.1, 0.15) is 33.3 Å². The zero-order valence-corrected chi connectivity index (χ0v) is 14.0. The maximum absolute atomic E-state index is 6.40. The van der Waals surface area contributed by atoms with Crippen LogP contribution in [0.25, 0.3) is 0 Å². The summed E-state index contributed by atoms with van der Waals surface area (Å²) in [5, 5.41) is 4.21. The SMILES string of the molecule is CCN(c1ccc(CNC(C)C)c(Cl)c1)C(C)COC. The van der Waals surface area contributed by atoms with Crippen LogP contribution in [0.5, 0.6) is 0 Å². The van der Waals surface area contributed by atoms with Gasteiger partial charge in [0.15, 0.2) is 0 Å². The average molecular weight is 299 g/mol. The fraction of sp³-hybridized carbons (Fsp3) is 0.625. The number of hydrogen-bond donors (Lipinski definition) is 1. The molecule has 1 atom stereocenters. The van der Waals surface area contributed by atoms with Gasteiger partial charge in [-0.25, -0.2) is 0 Å². The highest BCUT2D eigenvalue weighted by Crippen LogP contribution is 2.25. The third kappa shape index (κ3) is 4.97. The Hall–Kier alpha value is -0.770. The van der Waals surface area contributed by atoms with Crippen molar-refractivity contribution in [3.05, 3.63) is 28.8 Å². The molecule has 1 aromatic rings.